The van der Waals surface area contributed by atoms with E-state index in [-0.39, 0.29) is 25.9 Å². The van der Waals surface area contributed by atoms with E-state index in [9.17, 15) is 50.8 Å². The number of nitrogens with one attached hydrogen (secondary N) is 1. The topological polar surface area (TPSA) is 326 Å². The molecule has 40 heavy (non-hydrogen) atoms. The quantitative estimate of drug-likeness (QED) is 0.113. The summed E-state index contributed by atoms with van der Waals surface area (Å²) in [7, 11) is 0. The Hall–Kier alpha value is -1.17. The van der Waals surface area contributed by atoms with Gasteiger partial charge in [0.1, 0.15) is 73.2 Å². The van der Waals surface area contributed by atoms with Crippen LogP contribution in [-0.2, 0) is 23.7 Å². The van der Waals surface area contributed by atoms with Crippen molar-refractivity contribution in [3.05, 3.63) is 0 Å². The van der Waals surface area contributed by atoms with Crippen LogP contribution in [0.5, 0.6) is 0 Å². The Bertz CT molecular complexity index is 813. The number of aliphatic hydroxyl groups excluding tert-OH is 9. The van der Waals surface area contributed by atoms with Crippen LogP contribution in [-0.4, -0.2) is 169 Å². The number of hydrogen-bond donors (Lipinski definition) is 13. The first-order valence-electron chi connectivity index (χ1n) is 13.0. The van der Waals surface area contributed by atoms with Gasteiger partial charge in [0.05, 0.1) is 12.6 Å². The molecule has 1 aliphatic carbocycles. The Kier molecular flexibility index (Phi) is 11.9. The van der Waals surface area contributed by atoms with Crippen LogP contribution in [0.3, 0.4) is 0 Å². The van der Waals surface area contributed by atoms with Crippen molar-refractivity contribution in [1.29, 1.82) is 0 Å². The predicted molar refractivity (Wildman–Crippen MR) is 129 cm³/mol. The molecule has 3 aliphatic rings. The minimum absolute atomic E-state index is 0.00381. The molecular formula is C22H42N4O14. The number of nitrogens with two attached hydrogens (primary N) is 3. The van der Waals surface area contributed by atoms with Gasteiger partial charge >= 0.3 is 0 Å². The molecule has 0 bridgehead atoms. The van der Waals surface area contributed by atoms with Crippen LogP contribution in [0.15, 0.2) is 0 Å². The molecule has 16 N–H and O–H groups in total. The van der Waals surface area contributed by atoms with Gasteiger partial charge in [0, 0.05) is 12.6 Å². The number of ether oxygens (including phenoxy) is 4. The second-order valence-electron chi connectivity index (χ2n) is 10.2. The molecule has 0 spiro atoms. The van der Waals surface area contributed by atoms with Gasteiger partial charge in [0.25, 0.3) is 0 Å². The lowest BCUT2D eigenvalue weighted by Gasteiger charge is -2.48. The van der Waals surface area contributed by atoms with Crippen molar-refractivity contribution in [2.75, 3.05) is 19.7 Å². The molecule has 18 nitrogen and oxygen atoms in total. The highest BCUT2D eigenvalue weighted by molar-refractivity contribution is 5.80. The summed E-state index contributed by atoms with van der Waals surface area (Å²) in [4.78, 5) is 12.6. The zero-order valence-electron chi connectivity index (χ0n) is 21.6. The zero-order chi connectivity index (χ0) is 29.9. The second-order valence-corrected chi connectivity index (χ2v) is 10.2. The summed E-state index contributed by atoms with van der Waals surface area (Å²) < 4.78 is 22.3. The third-order valence-corrected chi connectivity index (χ3v) is 7.42. The maximum atomic E-state index is 12.6. The summed E-state index contributed by atoms with van der Waals surface area (Å²) >= 11 is 0. The molecule has 3 fully saturated rings. The third kappa shape index (κ3) is 7.06. The fraction of sp³-hybridized carbons (Fsp3) is 0.955. The Morgan fingerprint density at radius 3 is 1.88 bits per heavy atom. The molecule has 0 radical (unpaired) electrons. The molecule has 2 aliphatic heterocycles. The van der Waals surface area contributed by atoms with Crippen LogP contribution < -0.4 is 22.5 Å². The zero-order valence-corrected chi connectivity index (χ0v) is 21.6. The molecule has 1 amide bonds. The van der Waals surface area contributed by atoms with E-state index in [1.807, 2.05) is 0 Å². The predicted octanol–water partition coefficient (Wildman–Crippen LogP) is -8.39. The highest BCUT2D eigenvalue weighted by Crippen LogP contribution is 2.32. The molecule has 3 rings (SSSR count). The largest absolute Gasteiger partial charge is 0.394 e. The average molecular weight is 587 g/mol. The number of carbonyl (C=O) groups excluding carboxylic acids is 1. The minimum Gasteiger partial charge on any atom is -0.394 e. The maximum absolute atomic E-state index is 12.6. The van der Waals surface area contributed by atoms with Gasteiger partial charge in [-0.05, 0) is 19.4 Å². The van der Waals surface area contributed by atoms with Crippen molar-refractivity contribution in [2.45, 2.75) is 111 Å². The van der Waals surface area contributed by atoms with Gasteiger partial charge in [-0.3, -0.25) is 4.79 Å². The highest BCUT2D eigenvalue weighted by Gasteiger charge is 2.52. The van der Waals surface area contributed by atoms with Crippen LogP contribution in [0.2, 0.25) is 0 Å². The SMILES string of the molecule is NCC[C@H](O)C(=O)N[C@@H]1C[C@H](N)[C@@H](O[C@H]2O[C@H](CN)[C@@H](O)[C@H](O)[C@H]2O)[C@H](O)[C@H]1O[C@H]1O[C@H](CO)[C@@H](O)[C@H](O)[C@H]1O. The van der Waals surface area contributed by atoms with Crippen molar-refractivity contribution in [1.82, 2.24) is 5.32 Å². The summed E-state index contributed by atoms with van der Waals surface area (Å²) in [6.07, 6.45) is -22.6. The lowest BCUT2D eigenvalue weighted by molar-refractivity contribution is -0.339. The Labute approximate surface area is 229 Å². The molecule has 1 saturated carbocycles. The van der Waals surface area contributed by atoms with Gasteiger partial charge < -0.3 is 87.4 Å². The highest BCUT2D eigenvalue weighted by atomic mass is 16.7. The summed E-state index contributed by atoms with van der Waals surface area (Å²) in [6, 6.07) is -2.21. The van der Waals surface area contributed by atoms with Crippen molar-refractivity contribution < 1.29 is 69.7 Å². The van der Waals surface area contributed by atoms with Gasteiger partial charge in [-0.2, -0.15) is 0 Å². The molecule has 16 atom stereocenters. The first kappa shape index (κ1) is 33.3. The lowest BCUT2D eigenvalue weighted by Crippen LogP contribution is -2.69. The van der Waals surface area contributed by atoms with Crippen LogP contribution in [0.25, 0.3) is 0 Å². The Balaban J connectivity index is 1.85. The van der Waals surface area contributed by atoms with Gasteiger partial charge in [0.15, 0.2) is 12.6 Å². The monoisotopic (exact) mass is 586 g/mol. The van der Waals surface area contributed by atoms with E-state index >= 15 is 0 Å². The Morgan fingerprint density at radius 1 is 0.825 bits per heavy atom. The average Bonchev–Trinajstić information content (AvgIpc) is 2.92. The molecule has 0 aromatic rings. The molecule has 2 heterocycles. The number of aliphatic hydroxyl groups is 9. The van der Waals surface area contributed by atoms with Crippen molar-refractivity contribution in [3.8, 4) is 0 Å². The third-order valence-electron chi connectivity index (χ3n) is 7.42. The standard InChI is InChI=1S/C22H42N4O14/c23-2-1-8(28)20(36)26-7-3-6(25)18(39-21-15(33)13(31)11(29)9(4-24)37-21)17(35)19(7)40-22-16(34)14(32)12(30)10(5-27)38-22/h6-19,21-22,27-35H,1-5,23-25H2,(H,26,36)/t6-,7+,8-,9+,10+,11+,12+,13-,14-,15+,16+,17-,18+,19-,21+,22+/m0/s1. The van der Waals surface area contributed by atoms with Gasteiger partial charge in [-0.1, -0.05) is 0 Å². The summed E-state index contributed by atoms with van der Waals surface area (Å²) in [5, 5.41) is 94.6. The van der Waals surface area contributed by atoms with E-state index in [1.165, 1.54) is 0 Å². The number of rotatable bonds is 10. The van der Waals surface area contributed by atoms with Crippen LogP contribution in [0.1, 0.15) is 12.8 Å². The molecule has 2 saturated heterocycles. The van der Waals surface area contributed by atoms with Gasteiger partial charge in [0.2, 0.25) is 5.91 Å². The molecule has 0 unspecified atom stereocenters. The summed E-state index contributed by atoms with van der Waals surface area (Å²) in [5.41, 5.74) is 17.2. The van der Waals surface area contributed by atoms with Gasteiger partial charge in [-0.25, -0.2) is 0 Å². The van der Waals surface area contributed by atoms with Crippen molar-refractivity contribution >= 4 is 5.91 Å². The van der Waals surface area contributed by atoms with Crippen LogP contribution in [0.4, 0.5) is 0 Å². The van der Waals surface area contributed by atoms with E-state index in [1.54, 1.807) is 0 Å². The van der Waals surface area contributed by atoms with Crippen molar-refractivity contribution in [3.63, 3.8) is 0 Å². The summed E-state index contributed by atoms with van der Waals surface area (Å²) in [6.45, 7) is -1.00. The number of amides is 1. The summed E-state index contributed by atoms with van der Waals surface area (Å²) in [5.74, 6) is -0.870. The van der Waals surface area contributed by atoms with Crippen LogP contribution >= 0.6 is 0 Å². The second kappa shape index (κ2) is 14.3. The van der Waals surface area contributed by atoms with E-state index in [0.717, 1.165) is 0 Å². The first-order valence-corrected chi connectivity index (χ1v) is 13.0. The number of hydrogen-bond acceptors (Lipinski definition) is 17. The molecular weight excluding hydrogens is 544 g/mol. The van der Waals surface area contributed by atoms with E-state index < -0.39 is 110 Å². The molecule has 0 aromatic carbocycles. The van der Waals surface area contributed by atoms with Crippen LogP contribution in [0, 0.1) is 0 Å². The Morgan fingerprint density at radius 2 is 1.35 bits per heavy atom. The van der Waals surface area contributed by atoms with Crippen molar-refractivity contribution in [2.24, 2.45) is 17.2 Å². The fourth-order valence-electron chi connectivity index (χ4n) is 5.02. The first-order chi connectivity index (χ1) is 18.9. The maximum Gasteiger partial charge on any atom is 0.249 e. The van der Waals surface area contributed by atoms with Gasteiger partial charge in [-0.15, -0.1) is 0 Å². The van der Waals surface area contributed by atoms with E-state index in [4.69, 9.17) is 36.1 Å². The number of carbonyl (C=O) groups is 1. The lowest BCUT2D eigenvalue weighted by atomic mass is 9.83. The normalized spacial score (nSPS) is 47.0. The molecule has 234 valence electrons. The smallest absolute Gasteiger partial charge is 0.249 e. The minimum atomic E-state index is -1.86. The molecule has 0 aromatic heterocycles. The van der Waals surface area contributed by atoms with E-state index in [0.29, 0.717) is 0 Å². The molecule has 18 heteroatoms. The van der Waals surface area contributed by atoms with E-state index in [2.05, 4.69) is 5.32 Å². The fourth-order valence-corrected chi connectivity index (χ4v) is 5.02.